The normalized spacial score (nSPS) is 11.2. The second-order valence-corrected chi connectivity index (χ2v) is 5.53. The Morgan fingerprint density at radius 1 is 0.917 bits per heavy atom. The standard InChI is InChI=1S/C20H15NO3/c1-2-23-24-20(22)16-8-5-9-18-17(16)11-15-10-13-6-3-4-7-14(13)12-19(15)21-18/h3-12H,2H2,1H3. The molecule has 0 aliphatic rings. The van der Waals surface area contributed by atoms with Crippen LogP contribution < -0.4 is 0 Å². The summed E-state index contributed by atoms with van der Waals surface area (Å²) in [4.78, 5) is 26.5. The molecule has 0 bridgehead atoms. The SMILES string of the molecule is CCOOC(=O)c1cccc2nc3cc4ccccc4cc3cc12. The van der Waals surface area contributed by atoms with E-state index in [-0.39, 0.29) is 0 Å². The summed E-state index contributed by atoms with van der Waals surface area (Å²) in [5.74, 6) is -0.510. The number of nitrogens with zero attached hydrogens (tertiary/aromatic N) is 1. The highest BCUT2D eigenvalue weighted by Gasteiger charge is 2.14. The smallest absolute Gasteiger partial charge is 0.293 e. The molecule has 0 atom stereocenters. The minimum absolute atomic E-state index is 0.309. The van der Waals surface area contributed by atoms with Crippen molar-refractivity contribution < 1.29 is 14.6 Å². The number of carbonyl (C=O) groups excluding carboxylic acids is 1. The number of rotatable bonds is 3. The summed E-state index contributed by atoms with van der Waals surface area (Å²) in [6.45, 7) is 2.07. The van der Waals surface area contributed by atoms with Crippen molar-refractivity contribution in [1.82, 2.24) is 4.98 Å². The van der Waals surface area contributed by atoms with Gasteiger partial charge in [-0.15, -0.1) is 0 Å². The minimum atomic E-state index is -0.510. The average Bonchev–Trinajstić information content (AvgIpc) is 2.62. The molecule has 0 N–H and O–H groups in total. The van der Waals surface area contributed by atoms with E-state index in [1.165, 1.54) is 0 Å². The molecule has 1 heterocycles. The molecule has 0 saturated carbocycles. The van der Waals surface area contributed by atoms with Crippen LogP contribution in [-0.4, -0.2) is 17.6 Å². The number of hydrogen-bond acceptors (Lipinski definition) is 4. The lowest BCUT2D eigenvalue weighted by Gasteiger charge is -2.08. The molecule has 4 nitrogen and oxygen atoms in total. The second-order valence-electron chi connectivity index (χ2n) is 5.53. The fraction of sp³-hybridized carbons (Fsp3) is 0.100. The first kappa shape index (κ1) is 14.6. The molecule has 0 aliphatic carbocycles. The highest BCUT2D eigenvalue weighted by Crippen LogP contribution is 2.27. The lowest BCUT2D eigenvalue weighted by Crippen LogP contribution is -2.06. The van der Waals surface area contributed by atoms with Crippen LogP contribution in [0, 0.1) is 0 Å². The Balaban J connectivity index is 1.95. The van der Waals surface area contributed by atoms with Crippen LogP contribution in [0.4, 0.5) is 0 Å². The summed E-state index contributed by atoms with van der Waals surface area (Å²) in [5, 5.41) is 4.02. The summed E-state index contributed by atoms with van der Waals surface area (Å²) >= 11 is 0. The molecule has 0 unspecified atom stereocenters. The Morgan fingerprint density at radius 3 is 2.50 bits per heavy atom. The molecule has 0 fully saturated rings. The first-order valence-electron chi connectivity index (χ1n) is 7.82. The maximum Gasteiger partial charge on any atom is 0.373 e. The summed E-state index contributed by atoms with van der Waals surface area (Å²) in [6.07, 6.45) is 0. The molecule has 118 valence electrons. The van der Waals surface area contributed by atoms with Crippen LogP contribution in [0.2, 0.25) is 0 Å². The van der Waals surface area contributed by atoms with Gasteiger partial charge in [-0.3, -0.25) is 4.89 Å². The summed E-state index contributed by atoms with van der Waals surface area (Å²) in [7, 11) is 0. The molecular weight excluding hydrogens is 302 g/mol. The van der Waals surface area contributed by atoms with Crippen LogP contribution in [0.5, 0.6) is 0 Å². The van der Waals surface area contributed by atoms with Crippen molar-refractivity contribution in [1.29, 1.82) is 0 Å². The summed E-state index contributed by atoms with van der Waals surface area (Å²) < 4.78 is 0. The van der Waals surface area contributed by atoms with Crippen molar-refractivity contribution in [3.63, 3.8) is 0 Å². The maximum atomic E-state index is 12.2. The van der Waals surface area contributed by atoms with E-state index in [0.29, 0.717) is 12.2 Å². The number of carbonyl (C=O) groups is 1. The average molecular weight is 317 g/mol. The van der Waals surface area contributed by atoms with Gasteiger partial charge in [0.1, 0.15) is 0 Å². The predicted molar refractivity (Wildman–Crippen MR) is 93.8 cm³/mol. The van der Waals surface area contributed by atoms with E-state index >= 15 is 0 Å². The molecule has 4 heteroatoms. The van der Waals surface area contributed by atoms with E-state index in [9.17, 15) is 4.79 Å². The van der Waals surface area contributed by atoms with E-state index in [1.807, 2.05) is 24.3 Å². The van der Waals surface area contributed by atoms with Crippen LogP contribution in [-0.2, 0) is 9.78 Å². The van der Waals surface area contributed by atoms with Gasteiger partial charge in [0.05, 0.1) is 23.2 Å². The first-order chi connectivity index (χ1) is 11.8. The summed E-state index contributed by atoms with van der Waals surface area (Å²) in [5.41, 5.74) is 2.10. The fourth-order valence-electron chi connectivity index (χ4n) is 2.88. The van der Waals surface area contributed by atoms with Crippen LogP contribution >= 0.6 is 0 Å². The van der Waals surface area contributed by atoms with Gasteiger partial charge in [-0.2, -0.15) is 4.89 Å². The van der Waals surface area contributed by atoms with Gasteiger partial charge >= 0.3 is 5.97 Å². The molecular formula is C20H15NO3. The lowest BCUT2D eigenvalue weighted by molar-refractivity contribution is -0.236. The van der Waals surface area contributed by atoms with Gasteiger partial charge < -0.3 is 0 Å². The number of hydrogen-bond donors (Lipinski definition) is 0. The van der Waals surface area contributed by atoms with Crippen molar-refractivity contribution in [2.45, 2.75) is 6.92 Å². The molecule has 3 aromatic carbocycles. The summed E-state index contributed by atoms with van der Waals surface area (Å²) in [6, 6.07) is 19.7. The Morgan fingerprint density at radius 2 is 1.71 bits per heavy atom. The van der Waals surface area contributed by atoms with E-state index < -0.39 is 5.97 Å². The number of pyridine rings is 1. The molecule has 4 rings (SSSR count). The van der Waals surface area contributed by atoms with E-state index in [2.05, 4.69) is 24.3 Å². The third-order valence-electron chi connectivity index (χ3n) is 3.99. The van der Waals surface area contributed by atoms with Crippen molar-refractivity contribution >= 4 is 38.5 Å². The third kappa shape index (κ3) is 2.47. The molecule has 0 saturated heterocycles. The van der Waals surface area contributed by atoms with E-state index in [0.717, 1.165) is 32.6 Å². The second kappa shape index (κ2) is 5.91. The zero-order valence-corrected chi connectivity index (χ0v) is 13.2. The van der Waals surface area contributed by atoms with Gasteiger partial charge in [0, 0.05) is 10.8 Å². The first-order valence-corrected chi connectivity index (χ1v) is 7.82. The molecule has 1 aromatic heterocycles. The highest BCUT2D eigenvalue weighted by atomic mass is 17.2. The number of benzene rings is 3. The van der Waals surface area contributed by atoms with Gasteiger partial charge in [0.2, 0.25) is 0 Å². The molecule has 0 amide bonds. The minimum Gasteiger partial charge on any atom is -0.293 e. The Labute approximate surface area is 138 Å². The largest absolute Gasteiger partial charge is 0.373 e. The quantitative estimate of drug-likeness (QED) is 0.313. The molecule has 0 spiro atoms. The molecule has 24 heavy (non-hydrogen) atoms. The van der Waals surface area contributed by atoms with Crippen molar-refractivity contribution in [2.75, 3.05) is 6.61 Å². The number of fused-ring (bicyclic) bond motifs is 3. The Kier molecular flexibility index (Phi) is 3.59. The maximum absolute atomic E-state index is 12.2. The Bertz CT molecular complexity index is 1070. The van der Waals surface area contributed by atoms with E-state index in [1.54, 1.807) is 19.1 Å². The van der Waals surface area contributed by atoms with Gasteiger partial charge in [-0.1, -0.05) is 30.3 Å². The molecule has 4 aromatic rings. The van der Waals surface area contributed by atoms with Crippen molar-refractivity contribution in [3.8, 4) is 0 Å². The number of aromatic nitrogens is 1. The highest BCUT2D eigenvalue weighted by molar-refractivity contribution is 6.08. The molecule has 0 radical (unpaired) electrons. The topological polar surface area (TPSA) is 48.4 Å². The van der Waals surface area contributed by atoms with Gasteiger partial charge in [0.15, 0.2) is 0 Å². The van der Waals surface area contributed by atoms with Crippen LogP contribution in [0.25, 0.3) is 32.6 Å². The Hall–Kier alpha value is -2.98. The van der Waals surface area contributed by atoms with E-state index in [4.69, 9.17) is 14.8 Å². The lowest BCUT2D eigenvalue weighted by atomic mass is 10.0. The predicted octanol–water partition coefficient (Wildman–Crippen LogP) is 4.65. The van der Waals surface area contributed by atoms with Crippen molar-refractivity contribution in [2.24, 2.45) is 0 Å². The molecule has 0 aliphatic heterocycles. The van der Waals surface area contributed by atoms with Gasteiger partial charge in [0.25, 0.3) is 0 Å². The fourth-order valence-corrected chi connectivity index (χ4v) is 2.88. The van der Waals surface area contributed by atoms with Crippen LogP contribution in [0.15, 0.2) is 60.7 Å². The van der Waals surface area contributed by atoms with Gasteiger partial charge in [-0.05, 0) is 48.0 Å². The van der Waals surface area contributed by atoms with Gasteiger partial charge in [-0.25, -0.2) is 9.78 Å². The van der Waals surface area contributed by atoms with Crippen molar-refractivity contribution in [3.05, 3.63) is 66.2 Å². The van der Waals surface area contributed by atoms with Crippen LogP contribution in [0.1, 0.15) is 17.3 Å². The van der Waals surface area contributed by atoms with Crippen LogP contribution in [0.3, 0.4) is 0 Å². The zero-order valence-electron chi connectivity index (χ0n) is 13.2. The monoisotopic (exact) mass is 317 g/mol. The zero-order chi connectivity index (χ0) is 16.5. The third-order valence-corrected chi connectivity index (χ3v) is 3.99.